The minimum Gasteiger partial charge on any atom is -0.467 e. The van der Waals surface area contributed by atoms with Crippen LogP contribution in [0.1, 0.15) is 24.4 Å². The molecule has 0 aliphatic carbocycles. The Bertz CT molecular complexity index is 845. The maximum Gasteiger partial charge on any atom is 0.416 e. The number of hydrogen-bond acceptors (Lipinski definition) is 5. The number of halogens is 3. The molecule has 2 heterocycles. The van der Waals surface area contributed by atoms with E-state index in [0.29, 0.717) is 26.1 Å². The van der Waals surface area contributed by atoms with Gasteiger partial charge in [0.2, 0.25) is 0 Å². The van der Waals surface area contributed by atoms with Crippen molar-refractivity contribution < 1.29 is 27.4 Å². The van der Waals surface area contributed by atoms with Crippen LogP contribution >= 0.6 is 0 Å². The van der Waals surface area contributed by atoms with E-state index in [9.17, 15) is 18.0 Å². The molecule has 0 saturated carbocycles. The van der Waals surface area contributed by atoms with Gasteiger partial charge in [-0.2, -0.15) is 13.2 Å². The molecule has 0 N–H and O–H groups in total. The molecule has 2 aromatic rings. The van der Waals surface area contributed by atoms with E-state index in [-0.39, 0.29) is 35.3 Å². The van der Waals surface area contributed by atoms with Crippen molar-refractivity contribution in [3.8, 4) is 16.9 Å². The Labute approximate surface area is 153 Å². The lowest BCUT2D eigenvalue weighted by atomic mass is 10.0. The SMILES string of the molecule is COCOc1cc(C(F)(F)F)ccc1-c1cncn(C2CCOCC2)c1=O. The van der Waals surface area contributed by atoms with Gasteiger partial charge in [0.25, 0.3) is 5.56 Å². The van der Waals surface area contributed by atoms with Crippen molar-refractivity contribution in [2.45, 2.75) is 25.1 Å². The first kappa shape index (κ1) is 19.4. The quantitative estimate of drug-likeness (QED) is 0.741. The van der Waals surface area contributed by atoms with Crippen LogP contribution in [-0.4, -0.2) is 36.7 Å². The van der Waals surface area contributed by atoms with E-state index in [1.807, 2.05) is 0 Å². The second kappa shape index (κ2) is 8.10. The molecule has 1 saturated heterocycles. The number of aromatic nitrogens is 2. The summed E-state index contributed by atoms with van der Waals surface area (Å²) in [6.07, 6.45) is -0.404. The molecule has 0 spiro atoms. The van der Waals surface area contributed by atoms with Crippen molar-refractivity contribution in [2.24, 2.45) is 0 Å². The van der Waals surface area contributed by atoms with Gasteiger partial charge >= 0.3 is 6.18 Å². The van der Waals surface area contributed by atoms with E-state index in [0.717, 1.165) is 12.1 Å². The molecular formula is C18H19F3N2O4. The van der Waals surface area contributed by atoms with E-state index in [4.69, 9.17) is 14.2 Å². The Morgan fingerprint density at radius 1 is 1.26 bits per heavy atom. The third-order valence-corrected chi connectivity index (χ3v) is 4.38. The largest absolute Gasteiger partial charge is 0.467 e. The molecular weight excluding hydrogens is 365 g/mol. The standard InChI is InChI=1S/C18H19F3N2O4/c1-25-11-27-16-8-12(18(19,20)21)2-3-14(16)15-9-22-10-23(17(15)24)13-4-6-26-7-5-13/h2-3,8-10,13H,4-7,11H2,1H3. The lowest BCUT2D eigenvalue weighted by Crippen LogP contribution is -2.30. The van der Waals surface area contributed by atoms with Crippen LogP contribution in [-0.2, 0) is 15.7 Å². The fraction of sp³-hybridized carbons (Fsp3) is 0.444. The highest BCUT2D eigenvalue weighted by Crippen LogP contribution is 2.36. The lowest BCUT2D eigenvalue weighted by molar-refractivity contribution is -0.137. The highest BCUT2D eigenvalue weighted by Gasteiger charge is 2.32. The van der Waals surface area contributed by atoms with Gasteiger partial charge in [0.1, 0.15) is 5.75 Å². The fourth-order valence-corrected chi connectivity index (χ4v) is 3.00. The monoisotopic (exact) mass is 384 g/mol. The van der Waals surface area contributed by atoms with Gasteiger partial charge in [-0.15, -0.1) is 0 Å². The molecule has 0 atom stereocenters. The van der Waals surface area contributed by atoms with Crippen LogP contribution in [0.15, 0.2) is 35.5 Å². The molecule has 0 bridgehead atoms. The molecule has 3 rings (SSSR count). The van der Waals surface area contributed by atoms with E-state index in [1.54, 1.807) is 0 Å². The van der Waals surface area contributed by atoms with Gasteiger partial charge in [0.05, 0.1) is 17.5 Å². The Morgan fingerprint density at radius 3 is 2.67 bits per heavy atom. The third-order valence-electron chi connectivity index (χ3n) is 4.38. The summed E-state index contributed by atoms with van der Waals surface area (Å²) in [6.45, 7) is 0.844. The predicted molar refractivity (Wildman–Crippen MR) is 90.5 cm³/mol. The van der Waals surface area contributed by atoms with Gasteiger partial charge < -0.3 is 14.2 Å². The number of alkyl halides is 3. The van der Waals surface area contributed by atoms with Gasteiger partial charge in [0.15, 0.2) is 6.79 Å². The maximum absolute atomic E-state index is 13.0. The number of methoxy groups -OCH3 is 1. The Kier molecular flexibility index (Phi) is 5.81. The summed E-state index contributed by atoms with van der Waals surface area (Å²) in [6, 6.07) is 2.94. The molecule has 1 fully saturated rings. The van der Waals surface area contributed by atoms with E-state index >= 15 is 0 Å². The number of benzene rings is 1. The molecule has 6 nitrogen and oxygen atoms in total. The summed E-state index contributed by atoms with van der Waals surface area (Å²) >= 11 is 0. The van der Waals surface area contributed by atoms with Crippen LogP contribution in [0.25, 0.3) is 11.1 Å². The first-order valence-corrected chi connectivity index (χ1v) is 8.39. The fourth-order valence-electron chi connectivity index (χ4n) is 3.00. The molecule has 1 aliphatic heterocycles. The summed E-state index contributed by atoms with van der Waals surface area (Å²) in [5.41, 5.74) is -0.798. The summed E-state index contributed by atoms with van der Waals surface area (Å²) in [5.74, 6) is -0.0877. The van der Waals surface area contributed by atoms with Crippen LogP contribution in [0.5, 0.6) is 5.75 Å². The van der Waals surface area contributed by atoms with Gasteiger partial charge in [-0.05, 0) is 31.0 Å². The van der Waals surface area contributed by atoms with Crippen molar-refractivity contribution in [3.05, 3.63) is 46.6 Å². The molecule has 1 aliphatic rings. The molecule has 0 unspecified atom stereocenters. The highest BCUT2D eigenvalue weighted by molar-refractivity contribution is 5.69. The van der Waals surface area contributed by atoms with Gasteiger partial charge in [-0.1, -0.05) is 0 Å². The van der Waals surface area contributed by atoms with Crippen LogP contribution in [0.3, 0.4) is 0 Å². The summed E-state index contributed by atoms with van der Waals surface area (Å²) in [5, 5.41) is 0. The van der Waals surface area contributed by atoms with E-state index in [1.165, 1.54) is 30.3 Å². The van der Waals surface area contributed by atoms with Crippen LogP contribution in [0, 0.1) is 0 Å². The Morgan fingerprint density at radius 2 is 2.00 bits per heavy atom. The molecule has 146 valence electrons. The third kappa shape index (κ3) is 4.30. The number of rotatable bonds is 5. The van der Waals surface area contributed by atoms with Crippen molar-refractivity contribution in [2.75, 3.05) is 27.1 Å². The highest BCUT2D eigenvalue weighted by atomic mass is 19.4. The maximum atomic E-state index is 13.0. The number of nitrogens with zero attached hydrogens (tertiary/aromatic N) is 2. The van der Waals surface area contributed by atoms with Crippen molar-refractivity contribution in [1.29, 1.82) is 0 Å². The van der Waals surface area contributed by atoms with Crippen molar-refractivity contribution in [3.63, 3.8) is 0 Å². The van der Waals surface area contributed by atoms with E-state index < -0.39 is 11.7 Å². The lowest BCUT2D eigenvalue weighted by Gasteiger charge is -2.24. The summed E-state index contributed by atoms with van der Waals surface area (Å²) in [4.78, 5) is 17.1. The van der Waals surface area contributed by atoms with Crippen LogP contribution in [0.2, 0.25) is 0 Å². The molecule has 0 amide bonds. The second-order valence-corrected chi connectivity index (χ2v) is 6.12. The summed E-state index contributed by atoms with van der Waals surface area (Å²) in [7, 11) is 1.36. The minimum atomic E-state index is -4.53. The van der Waals surface area contributed by atoms with Crippen LogP contribution in [0.4, 0.5) is 13.2 Å². The zero-order chi connectivity index (χ0) is 19.4. The first-order valence-electron chi connectivity index (χ1n) is 8.39. The van der Waals surface area contributed by atoms with Gasteiger partial charge in [0, 0.05) is 38.1 Å². The molecule has 1 aromatic heterocycles. The number of ether oxygens (including phenoxy) is 3. The Hall–Kier alpha value is -2.39. The first-order chi connectivity index (χ1) is 12.9. The zero-order valence-corrected chi connectivity index (χ0v) is 14.7. The minimum absolute atomic E-state index is 0.0588. The van der Waals surface area contributed by atoms with Gasteiger partial charge in [-0.25, -0.2) is 4.98 Å². The van der Waals surface area contributed by atoms with E-state index in [2.05, 4.69) is 4.98 Å². The number of hydrogen-bond donors (Lipinski definition) is 0. The smallest absolute Gasteiger partial charge is 0.416 e. The molecule has 9 heteroatoms. The van der Waals surface area contributed by atoms with Crippen molar-refractivity contribution >= 4 is 0 Å². The Balaban J connectivity index is 2.06. The normalized spacial score (nSPS) is 15.7. The topological polar surface area (TPSA) is 62.6 Å². The average molecular weight is 384 g/mol. The zero-order valence-electron chi connectivity index (χ0n) is 14.7. The second-order valence-electron chi connectivity index (χ2n) is 6.12. The van der Waals surface area contributed by atoms with Gasteiger partial charge in [-0.3, -0.25) is 9.36 Å². The molecule has 1 aromatic carbocycles. The molecule has 0 radical (unpaired) electrons. The molecule has 27 heavy (non-hydrogen) atoms. The van der Waals surface area contributed by atoms with Crippen LogP contribution < -0.4 is 10.3 Å². The summed E-state index contributed by atoms with van der Waals surface area (Å²) < 4.78 is 56.0. The predicted octanol–water partition coefficient (Wildman–Crippen LogP) is 3.26. The van der Waals surface area contributed by atoms with Crippen molar-refractivity contribution in [1.82, 2.24) is 9.55 Å². The average Bonchev–Trinajstić information content (AvgIpc) is 2.66.